The molecule has 0 saturated heterocycles. The van der Waals surface area contributed by atoms with E-state index in [2.05, 4.69) is 10.1 Å². The minimum absolute atomic E-state index is 0.0673. The fraction of sp³-hybridized carbons (Fsp3) is 0.267. The normalized spacial score (nSPS) is 11.9. The lowest BCUT2D eigenvalue weighted by molar-refractivity contribution is 0.0601. The van der Waals surface area contributed by atoms with E-state index in [1.165, 1.54) is 7.11 Å². The summed E-state index contributed by atoms with van der Waals surface area (Å²) < 4.78 is 10.2. The van der Waals surface area contributed by atoms with Gasteiger partial charge in [0, 0.05) is 5.69 Å². The Kier molecular flexibility index (Phi) is 3.90. The summed E-state index contributed by atoms with van der Waals surface area (Å²) in [5, 5.41) is 3.31. The maximum atomic E-state index is 11.3. The van der Waals surface area contributed by atoms with Gasteiger partial charge in [0.15, 0.2) is 0 Å². The quantitative estimate of drug-likeness (QED) is 0.853. The van der Waals surface area contributed by atoms with Crippen molar-refractivity contribution in [3.05, 3.63) is 53.5 Å². The molecule has 4 nitrogen and oxygen atoms in total. The first-order chi connectivity index (χ1) is 9.10. The fourth-order valence-electron chi connectivity index (χ4n) is 1.83. The number of benzene rings is 1. The molecule has 0 aliphatic heterocycles. The molecular formula is C15H17NO3. The monoisotopic (exact) mass is 259 g/mol. The summed E-state index contributed by atoms with van der Waals surface area (Å²) in [7, 11) is 1.37. The number of esters is 1. The van der Waals surface area contributed by atoms with Crippen LogP contribution in [0.15, 0.2) is 40.8 Å². The van der Waals surface area contributed by atoms with Gasteiger partial charge in [0.2, 0.25) is 0 Å². The van der Waals surface area contributed by atoms with Gasteiger partial charge in [0.05, 0.1) is 18.7 Å². The molecule has 1 heterocycles. The van der Waals surface area contributed by atoms with Crippen LogP contribution in [0.25, 0.3) is 0 Å². The van der Waals surface area contributed by atoms with Crippen LogP contribution in [-0.2, 0) is 4.74 Å². The van der Waals surface area contributed by atoms with Gasteiger partial charge in [-0.1, -0.05) is 0 Å². The van der Waals surface area contributed by atoms with Gasteiger partial charge in [0.1, 0.15) is 11.5 Å². The average Bonchev–Trinajstić information content (AvgIpc) is 2.85. The van der Waals surface area contributed by atoms with Crippen LogP contribution in [0.4, 0.5) is 5.69 Å². The fourth-order valence-corrected chi connectivity index (χ4v) is 1.83. The van der Waals surface area contributed by atoms with Gasteiger partial charge in [-0.15, -0.1) is 0 Å². The van der Waals surface area contributed by atoms with Crippen LogP contribution in [0.2, 0.25) is 0 Å². The number of rotatable bonds is 4. The molecule has 100 valence electrons. The Hall–Kier alpha value is -2.23. The van der Waals surface area contributed by atoms with Crippen molar-refractivity contribution in [1.29, 1.82) is 0 Å². The summed E-state index contributed by atoms with van der Waals surface area (Å²) in [6.45, 7) is 3.94. The zero-order chi connectivity index (χ0) is 13.8. The van der Waals surface area contributed by atoms with Crippen LogP contribution in [0.3, 0.4) is 0 Å². The number of ether oxygens (including phenoxy) is 1. The summed E-state index contributed by atoms with van der Waals surface area (Å²) in [5.74, 6) is 1.44. The van der Waals surface area contributed by atoms with Gasteiger partial charge in [-0.2, -0.15) is 0 Å². The van der Waals surface area contributed by atoms with Crippen molar-refractivity contribution in [1.82, 2.24) is 0 Å². The van der Waals surface area contributed by atoms with Gasteiger partial charge >= 0.3 is 5.97 Å². The van der Waals surface area contributed by atoms with Crippen molar-refractivity contribution in [2.24, 2.45) is 0 Å². The van der Waals surface area contributed by atoms with E-state index in [9.17, 15) is 4.79 Å². The standard InChI is InChI=1S/C15H17NO3/c1-10-4-9-14(19-10)11(2)16-13-7-5-12(6-8-13)15(17)18-3/h4-9,11,16H,1-3H3. The molecule has 2 rings (SSSR count). The summed E-state index contributed by atoms with van der Waals surface area (Å²) in [5.41, 5.74) is 1.46. The molecule has 1 unspecified atom stereocenters. The third-order valence-electron chi connectivity index (χ3n) is 2.88. The van der Waals surface area contributed by atoms with E-state index >= 15 is 0 Å². The van der Waals surface area contributed by atoms with Crippen molar-refractivity contribution in [2.75, 3.05) is 12.4 Å². The van der Waals surface area contributed by atoms with E-state index < -0.39 is 0 Å². The highest BCUT2D eigenvalue weighted by atomic mass is 16.5. The number of furan rings is 1. The van der Waals surface area contributed by atoms with Crippen LogP contribution >= 0.6 is 0 Å². The van der Waals surface area contributed by atoms with E-state index in [0.29, 0.717) is 5.56 Å². The molecular weight excluding hydrogens is 242 g/mol. The van der Waals surface area contributed by atoms with Crippen LogP contribution < -0.4 is 5.32 Å². The Morgan fingerprint density at radius 2 is 1.89 bits per heavy atom. The summed E-state index contributed by atoms with van der Waals surface area (Å²) >= 11 is 0. The molecule has 19 heavy (non-hydrogen) atoms. The predicted molar refractivity (Wildman–Crippen MR) is 73.3 cm³/mol. The van der Waals surface area contributed by atoms with Gasteiger partial charge in [-0.25, -0.2) is 4.79 Å². The zero-order valence-corrected chi connectivity index (χ0v) is 11.3. The van der Waals surface area contributed by atoms with E-state index in [4.69, 9.17) is 4.42 Å². The predicted octanol–water partition coefficient (Wildman–Crippen LogP) is 3.55. The van der Waals surface area contributed by atoms with Crippen LogP contribution in [-0.4, -0.2) is 13.1 Å². The topological polar surface area (TPSA) is 51.5 Å². The molecule has 1 atom stereocenters. The summed E-state index contributed by atoms with van der Waals surface area (Å²) in [4.78, 5) is 11.3. The highest BCUT2D eigenvalue weighted by Gasteiger charge is 2.10. The number of aryl methyl sites for hydroxylation is 1. The van der Waals surface area contributed by atoms with Crippen molar-refractivity contribution in [3.63, 3.8) is 0 Å². The maximum Gasteiger partial charge on any atom is 0.337 e. The Bertz CT molecular complexity index is 557. The van der Waals surface area contributed by atoms with Crippen LogP contribution in [0.5, 0.6) is 0 Å². The minimum atomic E-state index is -0.332. The second-order valence-electron chi connectivity index (χ2n) is 4.38. The van der Waals surface area contributed by atoms with Crippen molar-refractivity contribution < 1.29 is 13.9 Å². The number of methoxy groups -OCH3 is 1. The highest BCUT2D eigenvalue weighted by Crippen LogP contribution is 2.21. The van der Waals surface area contributed by atoms with Gasteiger partial charge in [-0.05, 0) is 50.2 Å². The Labute approximate surface area is 112 Å². The number of nitrogens with one attached hydrogen (secondary N) is 1. The molecule has 0 aliphatic rings. The molecule has 0 radical (unpaired) electrons. The molecule has 1 N–H and O–H groups in total. The second kappa shape index (κ2) is 5.61. The minimum Gasteiger partial charge on any atom is -0.465 e. The first-order valence-electron chi connectivity index (χ1n) is 6.11. The first-order valence-corrected chi connectivity index (χ1v) is 6.11. The van der Waals surface area contributed by atoms with Crippen molar-refractivity contribution in [2.45, 2.75) is 19.9 Å². The SMILES string of the molecule is COC(=O)c1ccc(NC(C)c2ccc(C)o2)cc1. The van der Waals surface area contributed by atoms with E-state index in [-0.39, 0.29) is 12.0 Å². The molecule has 1 aromatic heterocycles. The molecule has 0 aliphatic carbocycles. The lowest BCUT2D eigenvalue weighted by Crippen LogP contribution is -2.06. The number of anilines is 1. The lowest BCUT2D eigenvalue weighted by atomic mass is 10.2. The lowest BCUT2D eigenvalue weighted by Gasteiger charge is -2.13. The van der Waals surface area contributed by atoms with Crippen LogP contribution in [0, 0.1) is 6.92 Å². The second-order valence-corrected chi connectivity index (χ2v) is 4.38. The van der Waals surface area contributed by atoms with Crippen molar-refractivity contribution >= 4 is 11.7 Å². The number of carbonyl (C=O) groups excluding carboxylic acids is 1. The van der Waals surface area contributed by atoms with Gasteiger partial charge in [-0.3, -0.25) is 0 Å². The van der Waals surface area contributed by atoms with Crippen molar-refractivity contribution in [3.8, 4) is 0 Å². The number of hydrogen-bond acceptors (Lipinski definition) is 4. The maximum absolute atomic E-state index is 11.3. The number of carbonyl (C=O) groups is 1. The molecule has 4 heteroatoms. The molecule has 0 bridgehead atoms. The summed E-state index contributed by atoms with van der Waals surface area (Å²) in [6, 6.07) is 11.1. The zero-order valence-electron chi connectivity index (χ0n) is 11.3. The third-order valence-corrected chi connectivity index (χ3v) is 2.88. The van der Waals surface area contributed by atoms with E-state index in [0.717, 1.165) is 17.2 Å². The Morgan fingerprint density at radius 1 is 1.21 bits per heavy atom. The van der Waals surface area contributed by atoms with Gasteiger partial charge < -0.3 is 14.5 Å². The van der Waals surface area contributed by atoms with Crippen LogP contribution in [0.1, 0.15) is 34.8 Å². The van der Waals surface area contributed by atoms with E-state index in [1.54, 1.807) is 12.1 Å². The number of hydrogen-bond donors (Lipinski definition) is 1. The Morgan fingerprint density at radius 3 is 2.42 bits per heavy atom. The largest absolute Gasteiger partial charge is 0.465 e. The molecule has 1 aromatic carbocycles. The average molecular weight is 259 g/mol. The molecule has 0 saturated carbocycles. The third kappa shape index (κ3) is 3.16. The molecule has 0 amide bonds. The Balaban J connectivity index is 2.05. The first kappa shape index (κ1) is 13.2. The van der Waals surface area contributed by atoms with Gasteiger partial charge in [0.25, 0.3) is 0 Å². The smallest absolute Gasteiger partial charge is 0.337 e. The molecule has 0 fully saturated rings. The molecule has 0 spiro atoms. The van der Waals surface area contributed by atoms with E-state index in [1.807, 2.05) is 38.1 Å². The summed E-state index contributed by atoms with van der Waals surface area (Å²) in [6.07, 6.45) is 0. The highest BCUT2D eigenvalue weighted by molar-refractivity contribution is 5.89. The molecule has 2 aromatic rings.